The van der Waals surface area contributed by atoms with Crippen LogP contribution in [0.15, 0.2) is 28.9 Å². The van der Waals surface area contributed by atoms with Gasteiger partial charge in [-0.3, -0.25) is 4.79 Å². The van der Waals surface area contributed by atoms with E-state index in [1.807, 2.05) is 0 Å². The Morgan fingerprint density at radius 2 is 2.14 bits per heavy atom. The van der Waals surface area contributed by atoms with Crippen LogP contribution >= 0.6 is 15.9 Å². The lowest BCUT2D eigenvalue weighted by Crippen LogP contribution is -2.27. The monoisotopic (exact) mass is 356 g/mol. The number of amides is 1. The van der Waals surface area contributed by atoms with Gasteiger partial charge in [0.05, 0.1) is 12.7 Å². The van der Waals surface area contributed by atoms with Crippen LogP contribution in [-0.2, 0) is 6.54 Å². The maximum Gasteiger partial charge on any atom is 0.358 e. The summed E-state index contributed by atoms with van der Waals surface area (Å²) in [7, 11) is 0. The first-order valence-electron chi connectivity index (χ1n) is 5.83. The number of halogens is 2. The first kappa shape index (κ1) is 15.1. The van der Waals surface area contributed by atoms with Gasteiger partial charge in [-0.2, -0.15) is 0 Å². The fraction of sp³-hybridized carbons (Fsp3) is 0.167. The van der Waals surface area contributed by atoms with E-state index in [4.69, 9.17) is 5.11 Å². The minimum atomic E-state index is -1.17. The maximum absolute atomic E-state index is 13.2. The highest BCUT2D eigenvalue weighted by Gasteiger charge is 2.10. The highest BCUT2D eigenvalue weighted by atomic mass is 79.9. The first-order chi connectivity index (χ1) is 9.95. The molecule has 0 bridgehead atoms. The number of carboxylic acid groups (broad SMARTS) is 1. The third kappa shape index (κ3) is 4.09. The Morgan fingerprint density at radius 3 is 2.76 bits per heavy atom. The molecule has 0 spiro atoms. The topological polar surface area (TPSA) is 97.1 Å². The molecule has 1 amide bonds. The smallest absolute Gasteiger partial charge is 0.358 e. The van der Waals surface area contributed by atoms with Crippen molar-refractivity contribution in [3.05, 3.63) is 45.9 Å². The molecule has 2 rings (SSSR count). The third-order valence-corrected chi connectivity index (χ3v) is 2.97. The number of carbonyl (C=O) groups is 2. The van der Waals surface area contributed by atoms with Crippen LogP contribution in [0.4, 0.5) is 4.39 Å². The van der Waals surface area contributed by atoms with E-state index in [1.165, 1.54) is 23.0 Å². The molecule has 1 heterocycles. The number of nitrogens with one attached hydrogen (secondary N) is 1. The molecule has 0 saturated heterocycles. The molecule has 0 atom stereocenters. The van der Waals surface area contributed by atoms with Gasteiger partial charge in [-0.05, 0) is 18.2 Å². The highest BCUT2D eigenvalue weighted by molar-refractivity contribution is 9.10. The number of hydrogen-bond acceptors (Lipinski definition) is 4. The number of nitrogens with zero attached hydrogens (tertiary/aromatic N) is 3. The van der Waals surface area contributed by atoms with Crippen LogP contribution in [0.5, 0.6) is 0 Å². The minimum absolute atomic E-state index is 0.171. The molecular formula is C12H10BrFN4O3. The summed E-state index contributed by atoms with van der Waals surface area (Å²) in [5.74, 6) is -2.12. The van der Waals surface area contributed by atoms with Crippen molar-refractivity contribution in [3.8, 4) is 0 Å². The van der Waals surface area contributed by atoms with Crippen LogP contribution in [-0.4, -0.2) is 38.5 Å². The average molecular weight is 357 g/mol. The number of aromatic carboxylic acids is 1. The zero-order valence-corrected chi connectivity index (χ0v) is 12.2. The van der Waals surface area contributed by atoms with Crippen LogP contribution in [0.2, 0.25) is 0 Å². The number of rotatable bonds is 5. The van der Waals surface area contributed by atoms with Gasteiger partial charge in [-0.1, -0.05) is 21.1 Å². The zero-order valence-electron chi connectivity index (χ0n) is 10.6. The lowest BCUT2D eigenvalue weighted by Gasteiger charge is -2.05. The van der Waals surface area contributed by atoms with Gasteiger partial charge in [-0.25, -0.2) is 13.9 Å². The van der Waals surface area contributed by atoms with Gasteiger partial charge in [0.15, 0.2) is 5.69 Å². The fourth-order valence-electron chi connectivity index (χ4n) is 1.58. The minimum Gasteiger partial charge on any atom is -0.476 e. The molecule has 2 aromatic rings. The standard InChI is InChI=1S/C12H10BrFN4O3/c13-8-3-7(4-9(14)5-8)11(19)15-1-2-18-6-10(12(20)21)16-17-18/h3-6H,1-2H2,(H,15,19)(H,20,21). The van der Waals surface area contributed by atoms with Crippen LogP contribution < -0.4 is 5.32 Å². The molecule has 1 aromatic heterocycles. The average Bonchev–Trinajstić information content (AvgIpc) is 2.86. The second kappa shape index (κ2) is 6.44. The van der Waals surface area contributed by atoms with E-state index in [0.29, 0.717) is 4.47 Å². The molecule has 9 heteroatoms. The summed E-state index contributed by atoms with van der Waals surface area (Å²) < 4.78 is 14.9. The van der Waals surface area contributed by atoms with Gasteiger partial charge in [0.2, 0.25) is 0 Å². The van der Waals surface area contributed by atoms with Crippen molar-refractivity contribution in [2.24, 2.45) is 0 Å². The van der Waals surface area contributed by atoms with E-state index >= 15 is 0 Å². The van der Waals surface area contributed by atoms with Gasteiger partial charge in [0.25, 0.3) is 5.91 Å². The summed E-state index contributed by atoms with van der Waals surface area (Å²) >= 11 is 3.10. The zero-order chi connectivity index (χ0) is 15.4. The molecule has 0 radical (unpaired) electrons. The SMILES string of the molecule is O=C(NCCn1cc(C(=O)O)nn1)c1cc(F)cc(Br)c1. The van der Waals surface area contributed by atoms with Crippen molar-refractivity contribution in [3.63, 3.8) is 0 Å². The van der Waals surface area contributed by atoms with Crippen molar-refractivity contribution in [1.29, 1.82) is 0 Å². The number of carboxylic acids is 1. The molecular weight excluding hydrogens is 347 g/mol. The number of aromatic nitrogens is 3. The summed E-state index contributed by atoms with van der Waals surface area (Å²) in [5.41, 5.74) is 0.0158. The van der Waals surface area contributed by atoms with Crippen molar-refractivity contribution in [2.75, 3.05) is 6.54 Å². The molecule has 0 aliphatic carbocycles. The molecule has 7 nitrogen and oxygen atoms in total. The van der Waals surface area contributed by atoms with Gasteiger partial charge < -0.3 is 10.4 Å². The van der Waals surface area contributed by atoms with E-state index in [-0.39, 0.29) is 24.3 Å². The van der Waals surface area contributed by atoms with Crippen molar-refractivity contribution < 1.29 is 19.1 Å². The van der Waals surface area contributed by atoms with Gasteiger partial charge in [-0.15, -0.1) is 5.10 Å². The van der Waals surface area contributed by atoms with Crippen LogP contribution in [0.1, 0.15) is 20.8 Å². The summed E-state index contributed by atoms with van der Waals surface area (Å²) in [6.07, 6.45) is 1.26. The van der Waals surface area contributed by atoms with Crippen molar-refractivity contribution in [1.82, 2.24) is 20.3 Å². The summed E-state index contributed by atoms with van der Waals surface area (Å²) in [6.45, 7) is 0.456. The van der Waals surface area contributed by atoms with Gasteiger partial charge in [0, 0.05) is 16.6 Å². The van der Waals surface area contributed by atoms with E-state index in [0.717, 1.165) is 6.07 Å². The lowest BCUT2D eigenvalue weighted by molar-refractivity contribution is 0.0690. The predicted octanol–water partition coefficient (Wildman–Crippen LogP) is 1.31. The molecule has 110 valence electrons. The Labute approximate surface area is 126 Å². The first-order valence-corrected chi connectivity index (χ1v) is 6.63. The summed E-state index contributed by atoms with van der Waals surface area (Å²) in [5, 5.41) is 18.3. The Hall–Kier alpha value is -2.29. The third-order valence-electron chi connectivity index (χ3n) is 2.51. The van der Waals surface area contributed by atoms with E-state index in [1.54, 1.807) is 0 Å². The molecule has 0 saturated carbocycles. The second-order valence-corrected chi connectivity index (χ2v) is 5.00. The quantitative estimate of drug-likeness (QED) is 0.841. The maximum atomic E-state index is 13.2. The van der Waals surface area contributed by atoms with Gasteiger partial charge in [0.1, 0.15) is 5.82 Å². The summed E-state index contributed by atoms with van der Waals surface area (Å²) in [4.78, 5) is 22.4. The predicted molar refractivity (Wildman–Crippen MR) is 73.4 cm³/mol. The van der Waals surface area contributed by atoms with Gasteiger partial charge >= 0.3 is 5.97 Å². The second-order valence-electron chi connectivity index (χ2n) is 4.09. The van der Waals surface area contributed by atoms with E-state index in [9.17, 15) is 14.0 Å². The Kier molecular flexibility index (Phi) is 4.63. The molecule has 0 aliphatic rings. The van der Waals surface area contributed by atoms with E-state index < -0.39 is 17.7 Å². The molecule has 2 N–H and O–H groups in total. The molecule has 21 heavy (non-hydrogen) atoms. The highest BCUT2D eigenvalue weighted by Crippen LogP contribution is 2.14. The molecule has 0 aliphatic heterocycles. The largest absolute Gasteiger partial charge is 0.476 e. The van der Waals surface area contributed by atoms with Crippen molar-refractivity contribution in [2.45, 2.75) is 6.54 Å². The molecule has 0 fully saturated rings. The lowest BCUT2D eigenvalue weighted by atomic mass is 10.2. The van der Waals surface area contributed by atoms with E-state index in [2.05, 4.69) is 31.6 Å². The Morgan fingerprint density at radius 1 is 1.38 bits per heavy atom. The fourth-order valence-corrected chi connectivity index (χ4v) is 2.04. The number of benzene rings is 1. The molecule has 1 aromatic carbocycles. The van der Waals surface area contributed by atoms with Crippen LogP contribution in [0, 0.1) is 5.82 Å². The number of carbonyl (C=O) groups excluding carboxylic acids is 1. The van der Waals surface area contributed by atoms with Crippen LogP contribution in [0.25, 0.3) is 0 Å². The molecule has 0 unspecified atom stereocenters. The number of hydrogen-bond donors (Lipinski definition) is 2. The normalized spacial score (nSPS) is 10.4. The summed E-state index contributed by atoms with van der Waals surface area (Å²) in [6, 6.07) is 3.87. The van der Waals surface area contributed by atoms with Crippen LogP contribution in [0.3, 0.4) is 0 Å². The van der Waals surface area contributed by atoms with Crippen molar-refractivity contribution >= 4 is 27.8 Å². The Bertz CT molecular complexity index is 669. The Balaban J connectivity index is 1.90.